The summed E-state index contributed by atoms with van der Waals surface area (Å²) >= 11 is 0.888. The smallest absolute Gasteiger partial charge is 0.290 e. The van der Waals surface area contributed by atoms with E-state index < -0.39 is 0 Å². The van der Waals surface area contributed by atoms with Gasteiger partial charge in [0.05, 0.1) is 10.6 Å². The molecule has 1 aromatic heterocycles. The van der Waals surface area contributed by atoms with Gasteiger partial charge in [0.1, 0.15) is 0 Å². The molecule has 0 bridgehead atoms. The van der Waals surface area contributed by atoms with Crippen LogP contribution in [0.25, 0.3) is 6.08 Å². The highest BCUT2D eigenvalue weighted by molar-refractivity contribution is 8.18. The number of nitrogens with one attached hydrogen (secondary N) is 2. The van der Waals surface area contributed by atoms with Gasteiger partial charge in [0.25, 0.3) is 11.1 Å². The van der Waals surface area contributed by atoms with E-state index in [1.165, 1.54) is 0 Å². The van der Waals surface area contributed by atoms with E-state index in [1.807, 2.05) is 7.05 Å². The minimum Gasteiger partial charge on any atom is -0.340 e. The van der Waals surface area contributed by atoms with Crippen molar-refractivity contribution < 1.29 is 9.59 Å². The van der Waals surface area contributed by atoms with Gasteiger partial charge in [0.2, 0.25) is 5.95 Å². The zero-order valence-corrected chi connectivity index (χ0v) is 13.0. The van der Waals surface area contributed by atoms with Gasteiger partial charge in [0, 0.05) is 25.8 Å². The lowest BCUT2D eigenvalue weighted by molar-refractivity contribution is -0.115. The quantitative estimate of drug-likeness (QED) is 0.803. The maximum Gasteiger partial charge on any atom is 0.290 e. The Balaban J connectivity index is 1.79. The summed E-state index contributed by atoms with van der Waals surface area (Å²) in [7, 11) is 1.98. The van der Waals surface area contributed by atoms with Crippen LogP contribution in [-0.4, -0.2) is 47.3 Å². The highest BCUT2D eigenvalue weighted by atomic mass is 32.2. The number of carbonyl (C=O) groups is 2. The molecule has 1 atom stereocenters. The third-order valence-corrected chi connectivity index (χ3v) is 4.53. The second-order valence-electron chi connectivity index (χ2n) is 5.24. The molecule has 7 nitrogen and oxygen atoms in total. The van der Waals surface area contributed by atoms with E-state index in [1.54, 1.807) is 18.3 Å². The van der Waals surface area contributed by atoms with E-state index in [2.05, 4.69) is 25.5 Å². The van der Waals surface area contributed by atoms with E-state index in [0.717, 1.165) is 37.7 Å². The number of hydrogen-bond acceptors (Lipinski definition) is 7. The van der Waals surface area contributed by atoms with Crippen molar-refractivity contribution in [3.63, 3.8) is 0 Å². The summed E-state index contributed by atoms with van der Waals surface area (Å²) in [6, 6.07) is 2.09. The van der Waals surface area contributed by atoms with Crippen LogP contribution < -0.4 is 15.5 Å². The van der Waals surface area contributed by atoms with Crippen molar-refractivity contribution in [1.82, 2.24) is 20.6 Å². The molecule has 8 heteroatoms. The molecule has 3 rings (SSSR count). The molecule has 116 valence electrons. The molecule has 0 aromatic carbocycles. The van der Waals surface area contributed by atoms with Crippen LogP contribution in [0.2, 0.25) is 0 Å². The minimum atomic E-state index is -0.375. The molecule has 2 aliphatic rings. The van der Waals surface area contributed by atoms with Gasteiger partial charge in [-0.3, -0.25) is 14.9 Å². The normalized spacial score (nSPS) is 23.7. The van der Waals surface area contributed by atoms with E-state index in [-0.39, 0.29) is 11.1 Å². The molecule has 0 radical (unpaired) electrons. The molecular formula is C14H17N5O2S. The van der Waals surface area contributed by atoms with Gasteiger partial charge in [-0.1, -0.05) is 0 Å². The SMILES string of the molecule is CN(c1nccc(C=C2SC(=O)NC2=O)n1)[C@H]1CCCNC1. The molecule has 22 heavy (non-hydrogen) atoms. The standard InChI is InChI=1S/C14H17N5O2S/c1-19(10-3-2-5-15-8-10)13-16-6-4-9(17-13)7-11-12(20)18-14(21)22-11/h4,6-7,10,15H,2-3,5,8H2,1H3,(H,18,20,21)/t10-/m0/s1. The number of anilines is 1. The fourth-order valence-electron chi connectivity index (χ4n) is 2.49. The molecule has 1 aromatic rings. The molecule has 3 heterocycles. The Hall–Kier alpha value is -1.93. The fraction of sp³-hybridized carbons (Fsp3) is 0.429. The first-order valence-corrected chi connectivity index (χ1v) is 7.96. The van der Waals surface area contributed by atoms with Crippen LogP contribution in [0.15, 0.2) is 17.2 Å². The van der Waals surface area contributed by atoms with Crippen LogP contribution in [0.5, 0.6) is 0 Å². The van der Waals surface area contributed by atoms with E-state index in [9.17, 15) is 9.59 Å². The molecule has 0 aliphatic carbocycles. The van der Waals surface area contributed by atoms with Gasteiger partial charge in [-0.25, -0.2) is 9.97 Å². The maximum atomic E-state index is 11.6. The van der Waals surface area contributed by atoms with Gasteiger partial charge in [-0.05, 0) is 43.3 Å². The Bertz CT molecular complexity index is 627. The Kier molecular flexibility index (Phi) is 4.39. The largest absolute Gasteiger partial charge is 0.340 e. The molecule has 0 unspecified atom stereocenters. The Morgan fingerprint density at radius 3 is 3.00 bits per heavy atom. The third-order valence-electron chi connectivity index (χ3n) is 3.72. The summed E-state index contributed by atoms with van der Waals surface area (Å²) in [6.07, 6.45) is 5.52. The number of hydrogen-bond donors (Lipinski definition) is 2. The van der Waals surface area contributed by atoms with Crippen molar-refractivity contribution in [3.05, 3.63) is 22.9 Å². The number of aromatic nitrogens is 2. The summed E-state index contributed by atoms with van der Waals surface area (Å²) in [5.41, 5.74) is 0.618. The van der Waals surface area contributed by atoms with Crippen molar-refractivity contribution in [1.29, 1.82) is 0 Å². The molecule has 0 saturated carbocycles. The van der Waals surface area contributed by atoms with Crippen molar-refractivity contribution >= 4 is 34.9 Å². The minimum absolute atomic E-state index is 0.351. The number of piperidine rings is 1. The molecule has 0 spiro atoms. The number of carbonyl (C=O) groups excluding carboxylic acids is 2. The predicted octanol–water partition coefficient (Wildman–Crippen LogP) is 0.989. The van der Waals surface area contributed by atoms with Crippen molar-refractivity contribution in [2.45, 2.75) is 18.9 Å². The second-order valence-corrected chi connectivity index (χ2v) is 6.26. The molecule has 2 aliphatic heterocycles. The summed E-state index contributed by atoms with van der Waals surface area (Å²) in [5, 5.41) is 5.25. The maximum absolute atomic E-state index is 11.6. The number of thioether (sulfide) groups is 1. The van der Waals surface area contributed by atoms with Crippen LogP contribution in [0, 0.1) is 0 Å². The number of imide groups is 1. The first-order chi connectivity index (χ1) is 10.6. The molecule has 2 N–H and O–H groups in total. The summed E-state index contributed by atoms with van der Waals surface area (Å²) in [4.78, 5) is 33.9. The van der Waals surface area contributed by atoms with Gasteiger partial charge in [-0.15, -0.1) is 0 Å². The fourth-order valence-corrected chi connectivity index (χ4v) is 3.16. The second kappa shape index (κ2) is 6.45. The summed E-state index contributed by atoms with van der Waals surface area (Å²) < 4.78 is 0. The Labute approximate surface area is 132 Å². The zero-order valence-electron chi connectivity index (χ0n) is 12.2. The van der Waals surface area contributed by atoms with E-state index >= 15 is 0 Å². The summed E-state index contributed by atoms with van der Waals surface area (Å²) in [6.45, 7) is 1.97. The molecule has 2 amide bonds. The first kappa shape index (κ1) is 15.0. The van der Waals surface area contributed by atoms with Gasteiger partial charge < -0.3 is 10.2 Å². The lowest BCUT2D eigenvalue weighted by Crippen LogP contribution is -2.44. The van der Waals surface area contributed by atoms with Gasteiger partial charge >= 0.3 is 0 Å². The van der Waals surface area contributed by atoms with Crippen molar-refractivity contribution in [3.8, 4) is 0 Å². The lowest BCUT2D eigenvalue weighted by atomic mass is 10.1. The van der Waals surface area contributed by atoms with E-state index in [0.29, 0.717) is 22.6 Å². The number of amides is 2. The number of rotatable bonds is 3. The average Bonchev–Trinajstić information content (AvgIpc) is 2.85. The Morgan fingerprint density at radius 2 is 2.32 bits per heavy atom. The predicted molar refractivity (Wildman–Crippen MR) is 85.4 cm³/mol. The summed E-state index contributed by atoms with van der Waals surface area (Å²) in [5.74, 6) is 0.248. The number of likely N-dealkylation sites (N-methyl/N-ethyl adjacent to an activating group) is 1. The topological polar surface area (TPSA) is 87.2 Å². The lowest BCUT2D eigenvalue weighted by Gasteiger charge is -2.31. The molecular weight excluding hydrogens is 302 g/mol. The van der Waals surface area contributed by atoms with Crippen LogP contribution in [-0.2, 0) is 4.79 Å². The Morgan fingerprint density at radius 1 is 1.45 bits per heavy atom. The van der Waals surface area contributed by atoms with Crippen LogP contribution in [0.3, 0.4) is 0 Å². The van der Waals surface area contributed by atoms with Crippen molar-refractivity contribution in [2.75, 3.05) is 25.0 Å². The van der Waals surface area contributed by atoms with Crippen molar-refractivity contribution in [2.24, 2.45) is 0 Å². The monoisotopic (exact) mass is 319 g/mol. The van der Waals surface area contributed by atoms with Crippen LogP contribution in [0.4, 0.5) is 10.7 Å². The zero-order chi connectivity index (χ0) is 15.5. The van der Waals surface area contributed by atoms with Gasteiger partial charge in [0.15, 0.2) is 0 Å². The van der Waals surface area contributed by atoms with E-state index in [4.69, 9.17) is 0 Å². The average molecular weight is 319 g/mol. The van der Waals surface area contributed by atoms with Crippen LogP contribution in [0.1, 0.15) is 18.5 Å². The third kappa shape index (κ3) is 3.28. The van der Waals surface area contributed by atoms with Gasteiger partial charge in [-0.2, -0.15) is 0 Å². The molecule has 2 saturated heterocycles. The molecule has 2 fully saturated rings. The first-order valence-electron chi connectivity index (χ1n) is 7.15. The van der Waals surface area contributed by atoms with Crippen LogP contribution >= 0.6 is 11.8 Å². The highest BCUT2D eigenvalue weighted by Gasteiger charge is 2.25. The highest BCUT2D eigenvalue weighted by Crippen LogP contribution is 2.25. The number of nitrogens with zero attached hydrogens (tertiary/aromatic N) is 3.